The van der Waals surface area contributed by atoms with E-state index in [0.717, 1.165) is 11.4 Å². The molecule has 1 heterocycles. The van der Waals surface area contributed by atoms with E-state index in [4.69, 9.17) is 5.11 Å². The first-order valence-corrected chi connectivity index (χ1v) is 8.08. The molecule has 1 aromatic heterocycles. The zero-order valence-corrected chi connectivity index (χ0v) is 14.5. The molecule has 5 nitrogen and oxygen atoms in total. The van der Waals surface area contributed by atoms with Gasteiger partial charge in [-0.1, -0.05) is 13.8 Å². The van der Waals surface area contributed by atoms with Gasteiger partial charge in [-0.2, -0.15) is 5.10 Å². The van der Waals surface area contributed by atoms with Gasteiger partial charge in [-0.25, -0.2) is 9.07 Å². The van der Waals surface area contributed by atoms with Crippen molar-refractivity contribution >= 4 is 5.91 Å². The largest absolute Gasteiger partial charge is 0.396 e. The quantitative estimate of drug-likeness (QED) is 0.854. The van der Waals surface area contributed by atoms with E-state index in [1.165, 1.54) is 10.7 Å². The summed E-state index contributed by atoms with van der Waals surface area (Å²) < 4.78 is 16.0. The standard InChI is InChI=1S/C18H24FN3O2/c1-11(2)16(7-8-23)20-18(24)14-5-6-17(15(19)10-14)22-13(4)9-12(3)21-22/h5-6,9-11,16,23H,7-8H2,1-4H3,(H,20,24)/t16-/m1/s1. The highest BCUT2D eigenvalue weighted by molar-refractivity contribution is 5.94. The van der Waals surface area contributed by atoms with Crippen molar-refractivity contribution in [3.8, 4) is 5.69 Å². The molecule has 0 aliphatic heterocycles. The second-order valence-corrected chi connectivity index (χ2v) is 6.34. The molecule has 0 fully saturated rings. The fourth-order valence-corrected chi connectivity index (χ4v) is 2.66. The second kappa shape index (κ2) is 7.57. The molecule has 2 rings (SSSR count). The summed E-state index contributed by atoms with van der Waals surface area (Å²) >= 11 is 0. The number of halogens is 1. The number of amides is 1. The molecular weight excluding hydrogens is 309 g/mol. The Labute approximate surface area is 141 Å². The van der Waals surface area contributed by atoms with Crippen LogP contribution >= 0.6 is 0 Å². The van der Waals surface area contributed by atoms with Crippen LogP contribution in [0.1, 0.15) is 42.0 Å². The van der Waals surface area contributed by atoms with Gasteiger partial charge < -0.3 is 10.4 Å². The normalized spacial score (nSPS) is 12.5. The van der Waals surface area contributed by atoms with Crippen LogP contribution in [0, 0.1) is 25.6 Å². The van der Waals surface area contributed by atoms with Crippen LogP contribution in [-0.2, 0) is 0 Å². The Morgan fingerprint density at radius 1 is 1.33 bits per heavy atom. The van der Waals surface area contributed by atoms with E-state index >= 15 is 0 Å². The Balaban J connectivity index is 2.23. The van der Waals surface area contributed by atoms with E-state index in [-0.39, 0.29) is 30.0 Å². The molecule has 0 spiro atoms. The number of aromatic nitrogens is 2. The predicted molar refractivity (Wildman–Crippen MR) is 90.8 cm³/mol. The van der Waals surface area contributed by atoms with Crippen LogP contribution in [-0.4, -0.2) is 33.4 Å². The predicted octanol–water partition coefficient (Wildman–Crippen LogP) is 2.77. The molecule has 0 aliphatic carbocycles. The van der Waals surface area contributed by atoms with Gasteiger partial charge in [0.25, 0.3) is 5.91 Å². The van der Waals surface area contributed by atoms with Crippen LogP contribution in [0.2, 0.25) is 0 Å². The maximum atomic E-state index is 14.4. The van der Waals surface area contributed by atoms with Crippen LogP contribution in [0.5, 0.6) is 0 Å². The Hall–Kier alpha value is -2.21. The Morgan fingerprint density at radius 3 is 2.54 bits per heavy atom. The number of carbonyl (C=O) groups excluding carboxylic acids is 1. The summed E-state index contributed by atoms with van der Waals surface area (Å²) in [6.45, 7) is 7.62. The number of aryl methyl sites for hydroxylation is 2. The number of benzene rings is 1. The van der Waals surface area contributed by atoms with Crippen molar-refractivity contribution < 1.29 is 14.3 Å². The summed E-state index contributed by atoms with van der Waals surface area (Å²) in [5, 5.41) is 16.2. The van der Waals surface area contributed by atoms with Gasteiger partial charge in [0.2, 0.25) is 0 Å². The number of nitrogens with zero attached hydrogens (tertiary/aromatic N) is 2. The number of hydrogen-bond acceptors (Lipinski definition) is 3. The summed E-state index contributed by atoms with van der Waals surface area (Å²) in [6, 6.07) is 6.07. The first-order chi connectivity index (χ1) is 11.3. The lowest BCUT2D eigenvalue weighted by atomic mass is 10.0. The average Bonchev–Trinajstić information content (AvgIpc) is 2.84. The monoisotopic (exact) mass is 333 g/mol. The van der Waals surface area contributed by atoms with Crippen molar-refractivity contribution in [2.75, 3.05) is 6.61 Å². The molecule has 2 aromatic rings. The van der Waals surface area contributed by atoms with E-state index in [1.54, 1.807) is 12.1 Å². The van der Waals surface area contributed by atoms with Crippen molar-refractivity contribution in [2.24, 2.45) is 5.92 Å². The summed E-state index contributed by atoms with van der Waals surface area (Å²) in [5.41, 5.74) is 2.19. The molecule has 1 amide bonds. The number of carbonyl (C=O) groups is 1. The molecule has 0 bridgehead atoms. The Bertz CT molecular complexity index is 725. The molecule has 1 atom stereocenters. The molecule has 0 aliphatic rings. The summed E-state index contributed by atoms with van der Waals surface area (Å²) in [7, 11) is 0. The minimum atomic E-state index is -0.503. The molecule has 0 saturated heterocycles. The van der Waals surface area contributed by atoms with E-state index in [1.807, 2.05) is 33.8 Å². The van der Waals surface area contributed by atoms with Crippen molar-refractivity contribution in [2.45, 2.75) is 40.2 Å². The lowest BCUT2D eigenvalue weighted by Crippen LogP contribution is -2.39. The van der Waals surface area contributed by atoms with Crippen LogP contribution in [0.15, 0.2) is 24.3 Å². The lowest BCUT2D eigenvalue weighted by molar-refractivity contribution is 0.0916. The maximum absolute atomic E-state index is 14.4. The average molecular weight is 333 g/mol. The van der Waals surface area contributed by atoms with Crippen LogP contribution < -0.4 is 5.32 Å². The van der Waals surface area contributed by atoms with Gasteiger partial charge >= 0.3 is 0 Å². The minimum Gasteiger partial charge on any atom is -0.396 e. The van der Waals surface area contributed by atoms with Crippen molar-refractivity contribution in [1.82, 2.24) is 15.1 Å². The van der Waals surface area contributed by atoms with Gasteiger partial charge in [0.1, 0.15) is 11.5 Å². The van der Waals surface area contributed by atoms with Gasteiger partial charge in [0.05, 0.1) is 5.69 Å². The highest BCUT2D eigenvalue weighted by Crippen LogP contribution is 2.18. The molecule has 0 unspecified atom stereocenters. The smallest absolute Gasteiger partial charge is 0.251 e. The van der Waals surface area contributed by atoms with Crippen molar-refractivity contribution in [1.29, 1.82) is 0 Å². The number of aliphatic hydroxyl groups excluding tert-OH is 1. The van der Waals surface area contributed by atoms with Crippen LogP contribution in [0.25, 0.3) is 5.69 Å². The fourth-order valence-electron chi connectivity index (χ4n) is 2.66. The first-order valence-electron chi connectivity index (χ1n) is 8.08. The summed E-state index contributed by atoms with van der Waals surface area (Å²) in [6.07, 6.45) is 0.468. The van der Waals surface area contributed by atoms with Gasteiger partial charge in [-0.3, -0.25) is 4.79 Å². The lowest BCUT2D eigenvalue weighted by Gasteiger charge is -2.21. The van der Waals surface area contributed by atoms with E-state index in [0.29, 0.717) is 12.1 Å². The number of nitrogens with one attached hydrogen (secondary N) is 1. The van der Waals surface area contributed by atoms with E-state index in [2.05, 4.69) is 10.4 Å². The van der Waals surface area contributed by atoms with Crippen molar-refractivity contribution in [3.63, 3.8) is 0 Å². The molecule has 2 N–H and O–H groups in total. The zero-order chi connectivity index (χ0) is 17.9. The molecule has 0 radical (unpaired) electrons. The molecule has 0 saturated carbocycles. The summed E-state index contributed by atoms with van der Waals surface area (Å²) in [4.78, 5) is 12.3. The molecular formula is C18H24FN3O2. The Kier molecular flexibility index (Phi) is 5.72. The topological polar surface area (TPSA) is 67.2 Å². The highest BCUT2D eigenvalue weighted by atomic mass is 19.1. The van der Waals surface area contributed by atoms with Gasteiger partial charge in [0.15, 0.2) is 0 Å². The van der Waals surface area contributed by atoms with Gasteiger partial charge in [-0.05, 0) is 50.5 Å². The molecule has 24 heavy (non-hydrogen) atoms. The van der Waals surface area contributed by atoms with Gasteiger partial charge in [0, 0.05) is 23.9 Å². The molecule has 1 aromatic carbocycles. The Morgan fingerprint density at radius 2 is 2.04 bits per heavy atom. The maximum Gasteiger partial charge on any atom is 0.251 e. The van der Waals surface area contributed by atoms with Crippen molar-refractivity contribution in [3.05, 3.63) is 47.0 Å². The molecule has 130 valence electrons. The minimum absolute atomic E-state index is 0.00560. The van der Waals surface area contributed by atoms with Crippen LogP contribution in [0.4, 0.5) is 4.39 Å². The number of aliphatic hydroxyl groups is 1. The highest BCUT2D eigenvalue weighted by Gasteiger charge is 2.18. The third-order valence-corrected chi connectivity index (χ3v) is 4.01. The number of hydrogen-bond donors (Lipinski definition) is 2. The second-order valence-electron chi connectivity index (χ2n) is 6.34. The first kappa shape index (κ1) is 18.1. The molecule has 6 heteroatoms. The van der Waals surface area contributed by atoms with E-state index < -0.39 is 5.82 Å². The number of rotatable bonds is 6. The third kappa shape index (κ3) is 4.00. The zero-order valence-electron chi connectivity index (χ0n) is 14.5. The van der Waals surface area contributed by atoms with E-state index in [9.17, 15) is 9.18 Å². The van der Waals surface area contributed by atoms with Crippen LogP contribution in [0.3, 0.4) is 0 Å². The third-order valence-electron chi connectivity index (χ3n) is 4.01. The fraction of sp³-hybridized carbons (Fsp3) is 0.444. The SMILES string of the molecule is Cc1cc(C)n(-c2ccc(C(=O)N[C@H](CCO)C(C)C)cc2F)n1. The summed E-state index contributed by atoms with van der Waals surface area (Å²) in [5.74, 6) is -0.669. The van der Waals surface area contributed by atoms with Gasteiger partial charge in [-0.15, -0.1) is 0 Å².